The molecule has 0 saturated heterocycles. The minimum Gasteiger partial charge on any atom is -0.494 e. The second-order valence-electron chi connectivity index (χ2n) is 4.35. The molecule has 2 aromatic carbocycles. The summed E-state index contributed by atoms with van der Waals surface area (Å²) in [5.41, 5.74) is 3.54. The third kappa shape index (κ3) is 5.03. The van der Waals surface area contributed by atoms with Gasteiger partial charge >= 0.3 is 6.03 Å². The van der Waals surface area contributed by atoms with Gasteiger partial charge in [-0.15, -0.1) is 0 Å². The Balaban J connectivity index is 1.96. The molecule has 2 rings (SSSR count). The summed E-state index contributed by atoms with van der Waals surface area (Å²) in [6.07, 6.45) is 1.42. The predicted molar refractivity (Wildman–Crippen MR) is 94.2 cm³/mol. The van der Waals surface area contributed by atoms with Crippen LogP contribution in [0.5, 0.6) is 5.75 Å². The Morgan fingerprint density at radius 3 is 2.30 bits per heavy atom. The van der Waals surface area contributed by atoms with Gasteiger partial charge in [-0.1, -0.05) is 34.8 Å². The number of halogens is 3. The van der Waals surface area contributed by atoms with Gasteiger partial charge in [0.05, 0.1) is 23.4 Å². The van der Waals surface area contributed by atoms with Crippen LogP contribution in [0.15, 0.2) is 41.5 Å². The summed E-state index contributed by atoms with van der Waals surface area (Å²) in [6.45, 7) is 0. The Bertz CT molecular complexity index is 710. The maximum absolute atomic E-state index is 11.7. The minimum atomic E-state index is -0.491. The average Bonchev–Trinajstić information content (AvgIpc) is 2.49. The topological polar surface area (TPSA) is 62.7 Å². The summed E-state index contributed by atoms with van der Waals surface area (Å²) in [7, 11) is 1.48. The number of ether oxygens (including phenoxy) is 1. The van der Waals surface area contributed by atoms with Crippen molar-refractivity contribution in [2.75, 3.05) is 12.4 Å². The van der Waals surface area contributed by atoms with Crippen LogP contribution in [0.3, 0.4) is 0 Å². The quantitative estimate of drug-likeness (QED) is 0.597. The first kappa shape index (κ1) is 17.4. The fraction of sp³-hybridized carbons (Fsp3) is 0.0667. The van der Waals surface area contributed by atoms with Gasteiger partial charge in [0.15, 0.2) is 5.75 Å². The molecule has 2 N–H and O–H groups in total. The molecular formula is C15H12Cl3N3O2. The van der Waals surface area contributed by atoms with E-state index in [1.54, 1.807) is 36.4 Å². The molecule has 0 aliphatic rings. The molecule has 2 amide bonds. The van der Waals surface area contributed by atoms with Crippen molar-refractivity contribution in [1.29, 1.82) is 0 Å². The zero-order chi connectivity index (χ0) is 16.8. The number of rotatable bonds is 4. The third-order valence-corrected chi connectivity index (χ3v) is 3.52. The Morgan fingerprint density at radius 1 is 1.13 bits per heavy atom. The molecule has 0 fully saturated rings. The van der Waals surface area contributed by atoms with Crippen LogP contribution in [0.2, 0.25) is 15.1 Å². The first-order valence-corrected chi connectivity index (χ1v) is 7.51. The van der Waals surface area contributed by atoms with Crippen LogP contribution in [0.1, 0.15) is 5.56 Å². The van der Waals surface area contributed by atoms with Gasteiger partial charge in [0.1, 0.15) is 0 Å². The molecule has 120 valence electrons. The molecule has 23 heavy (non-hydrogen) atoms. The average molecular weight is 373 g/mol. The largest absolute Gasteiger partial charge is 0.494 e. The molecule has 2 aromatic rings. The number of anilines is 1. The van der Waals surface area contributed by atoms with Crippen molar-refractivity contribution in [2.24, 2.45) is 5.10 Å². The van der Waals surface area contributed by atoms with Crippen molar-refractivity contribution in [3.63, 3.8) is 0 Å². The van der Waals surface area contributed by atoms with Crippen molar-refractivity contribution in [2.45, 2.75) is 0 Å². The van der Waals surface area contributed by atoms with Crippen LogP contribution in [0, 0.1) is 0 Å². The number of methoxy groups -OCH3 is 1. The summed E-state index contributed by atoms with van der Waals surface area (Å²) in [6, 6.07) is 9.44. The Kier molecular flexibility index (Phi) is 6.10. The molecule has 0 atom stereocenters. The molecule has 0 aromatic heterocycles. The molecule has 5 nitrogen and oxygen atoms in total. The number of hydrogen-bond acceptors (Lipinski definition) is 3. The first-order valence-electron chi connectivity index (χ1n) is 6.38. The highest BCUT2D eigenvalue weighted by Crippen LogP contribution is 2.33. The number of urea groups is 1. The standard InChI is InChI=1S/C15H12Cl3N3O2/c1-23-14-12(17)6-9(7-13(14)18)8-19-21-15(22)20-11-4-2-10(16)3-5-11/h2-8H,1H3,(H2,20,21,22)/b19-8-. The highest BCUT2D eigenvalue weighted by Gasteiger charge is 2.07. The number of carbonyl (C=O) groups is 1. The molecule has 0 saturated carbocycles. The van der Waals surface area contributed by atoms with Crippen LogP contribution >= 0.6 is 34.8 Å². The van der Waals surface area contributed by atoms with Gasteiger partial charge in [0, 0.05) is 10.7 Å². The number of nitrogens with one attached hydrogen (secondary N) is 2. The molecule has 0 spiro atoms. The molecule has 0 heterocycles. The fourth-order valence-corrected chi connectivity index (χ4v) is 2.49. The molecule has 0 radical (unpaired) electrons. The van der Waals surface area contributed by atoms with E-state index >= 15 is 0 Å². The van der Waals surface area contributed by atoms with E-state index in [2.05, 4.69) is 15.8 Å². The zero-order valence-corrected chi connectivity index (χ0v) is 14.2. The van der Waals surface area contributed by atoms with Crippen LogP contribution in [0.4, 0.5) is 10.5 Å². The number of hydrogen-bond donors (Lipinski definition) is 2. The number of hydrazone groups is 1. The Hall–Kier alpha value is -1.95. The van der Waals surface area contributed by atoms with Gasteiger partial charge < -0.3 is 10.1 Å². The van der Waals surface area contributed by atoms with Crippen molar-refractivity contribution >= 4 is 52.7 Å². The van der Waals surface area contributed by atoms with Crippen LogP contribution in [-0.4, -0.2) is 19.4 Å². The highest BCUT2D eigenvalue weighted by atomic mass is 35.5. The summed E-state index contributed by atoms with van der Waals surface area (Å²) in [5, 5.41) is 7.72. The van der Waals surface area contributed by atoms with Crippen molar-refractivity contribution in [3.8, 4) is 5.75 Å². The zero-order valence-electron chi connectivity index (χ0n) is 11.9. The number of nitrogens with zero attached hydrogens (tertiary/aromatic N) is 1. The summed E-state index contributed by atoms with van der Waals surface area (Å²) in [5.74, 6) is 0.388. The molecule has 0 aliphatic heterocycles. The monoisotopic (exact) mass is 371 g/mol. The Morgan fingerprint density at radius 2 is 1.74 bits per heavy atom. The second-order valence-corrected chi connectivity index (χ2v) is 5.60. The van der Waals surface area contributed by atoms with Gasteiger partial charge in [-0.2, -0.15) is 5.10 Å². The third-order valence-electron chi connectivity index (χ3n) is 2.71. The van der Waals surface area contributed by atoms with Crippen LogP contribution in [-0.2, 0) is 0 Å². The SMILES string of the molecule is COc1c(Cl)cc(/C=N\NC(=O)Nc2ccc(Cl)cc2)cc1Cl. The van der Waals surface area contributed by atoms with Crippen LogP contribution < -0.4 is 15.5 Å². The van der Waals surface area contributed by atoms with E-state index in [1.165, 1.54) is 13.3 Å². The number of carbonyl (C=O) groups excluding carboxylic acids is 1. The van der Waals surface area contributed by atoms with Crippen molar-refractivity contribution in [1.82, 2.24) is 5.43 Å². The van der Waals surface area contributed by atoms with Gasteiger partial charge in [-0.3, -0.25) is 0 Å². The molecule has 0 aliphatic carbocycles. The first-order chi connectivity index (χ1) is 11.0. The second kappa shape index (κ2) is 8.06. The molecule has 8 heteroatoms. The van der Waals surface area contributed by atoms with Crippen molar-refractivity contribution < 1.29 is 9.53 Å². The lowest BCUT2D eigenvalue weighted by Gasteiger charge is -2.06. The fourth-order valence-electron chi connectivity index (χ4n) is 1.71. The smallest absolute Gasteiger partial charge is 0.339 e. The maximum atomic E-state index is 11.7. The van der Waals surface area contributed by atoms with Gasteiger partial charge in [0.25, 0.3) is 0 Å². The van der Waals surface area contributed by atoms with E-state index in [-0.39, 0.29) is 0 Å². The lowest BCUT2D eigenvalue weighted by Crippen LogP contribution is -2.24. The van der Waals surface area contributed by atoms with E-state index in [0.29, 0.717) is 32.1 Å². The predicted octanol–water partition coefficient (Wildman–Crippen LogP) is 4.81. The van der Waals surface area contributed by atoms with Gasteiger partial charge in [-0.05, 0) is 42.0 Å². The van der Waals surface area contributed by atoms with E-state index in [1.807, 2.05) is 0 Å². The van der Waals surface area contributed by atoms with E-state index < -0.39 is 6.03 Å². The molecular weight excluding hydrogens is 361 g/mol. The molecule has 0 bridgehead atoms. The minimum absolute atomic E-state index is 0.354. The number of benzene rings is 2. The Labute approximate surface area is 148 Å². The maximum Gasteiger partial charge on any atom is 0.339 e. The summed E-state index contributed by atoms with van der Waals surface area (Å²) >= 11 is 17.8. The normalized spacial score (nSPS) is 10.6. The van der Waals surface area contributed by atoms with Gasteiger partial charge in [-0.25, -0.2) is 10.2 Å². The van der Waals surface area contributed by atoms with E-state index in [0.717, 1.165) is 0 Å². The molecule has 0 unspecified atom stereocenters. The van der Waals surface area contributed by atoms with Crippen molar-refractivity contribution in [3.05, 3.63) is 57.0 Å². The van der Waals surface area contributed by atoms with Gasteiger partial charge in [0.2, 0.25) is 0 Å². The highest BCUT2D eigenvalue weighted by molar-refractivity contribution is 6.37. The van der Waals surface area contributed by atoms with E-state index in [4.69, 9.17) is 39.5 Å². The lowest BCUT2D eigenvalue weighted by atomic mass is 10.2. The number of amides is 2. The van der Waals surface area contributed by atoms with Crippen LogP contribution in [0.25, 0.3) is 0 Å². The van der Waals surface area contributed by atoms with E-state index in [9.17, 15) is 4.79 Å². The summed E-state index contributed by atoms with van der Waals surface area (Å²) < 4.78 is 5.05. The lowest BCUT2D eigenvalue weighted by molar-refractivity contribution is 0.252. The summed E-state index contributed by atoms with van der Waals surface area (Å²) in [4.78, 5) is 11.7.